The number of rotatable bonds is 2. The van der Waals surface area contributed by atoms with Crippen LogP contribution in [0.4, 0.5) is 13.2 Å². The summed E-state index contributed by atoms with van der Waals surface area (Å²) in [6.07, 6.45) is 0.274. The third-order valence-corrected chi connectivity index (χ3v) is 2.29. The number of hydrogen-bond acceptors (Lipinski definition) is 1. The second-order valence-corrected chi connectivity index (χ2v) is 3.77. The van der Waals surface area contributed by atoms with Crippen LogP contribution in [0.15, 0.2) is 12.1 Å². The molecular formula is C10H9F3O. The molecule has 1 saturated heterocycles. The van der Waals surface area contributed by atoms with Crippen molar-refractivity contribution in [2.75, 3.05) is 6.61 Å². The second kappa shape index (κ2) is 2.98. The minimum Gasteiger partial charge on any atom is -0.370 e. The molecule has 0 amide bonds. The average molecular weight is 202 g/mol. The fourth-order valence-corrected chi connectivity index (χ4v) is 1.33. The van der Waals surface area contributed by atoms with Crippen molar-refractivity contribution in [2.45, 2.75) is 18.9 Å². The summed E-state index contributed by atoms with van der Waals surface area (Å²) in [5.74, 6) is -2.90. The molecule has 1 aliphatic rings. The lowest BCUT2D eigenvalue weighted by Gasteiger charge is -2.06. The van der Waals surface area contributed by atoms with E-state index in [4.69, 9.17) is 4.74 Å². The predicted octanol–water partition coefficient (Wildman–Crippen LogP) is 2.44. The van der Waals surface area contributed by atoms with Gasteiger partial charge in [-0.15, -0.1) is 0 Å². The molecule has 1 heterocycles. The van der Waals surface area contributed by atoms with E-state index in [2.05, 4.69) is 0 Å². The molecule has 2 rings (SSSR count). The lowest BCUT2D eigenvalue weighted by Crippen LogP contribution is -2.11. The molecule has 1 unspecified atom stereocenters. The molecule has 4 heteroatoms. The molecule has 0 N–H and O–H groups in total. The van der Waals surface area contributed by atoms with E-state index in [1.54, 1.807) is 6.92 Å². The van der Waals surface area contributed by atoms with Gasteiger partial charge in [-0.1, -0.05) is 0 Å². The first-order chi connectivity index (χ1) is 6.50. The number of hydrogen-bond donors (Lipinski definition) is 0. The van der Waals surface area contributed by atoms with Gasteiger partial charge in [0.15, 0.2) is 11.6 Å². The van der Waals surface area contributed by atoms with Gasteiger partial charge in [0.25, 0.3) is 0 Å². The van der Waals surface area contributed by atoms with Gasteiger partial charge in [0.05, 0.1) is 12.2 Å². The topological polar surface area (TPSA) is 12.5 Å². The highest BCUT2D eigenvalue weighted by atomic mass is 19.2. The van der Waals surface area contributed by atoms with Crippen LogP contribution in [0.25, 0.3) is 0 Å². The maximum Gasteiger partial charge on any atom is 0.161 e. The molecule has 1 aromatic carbocycles. The van der Waals surface area contributed by atoms with Crippen molar-refractivity contribution in [2.24, 2.45) is 0 Å². The van der Waals surface area contributed by atoms with Gasteiger partial charge < -0.3 is 4.74 Å². The smallest absolute Gasteiger partial charge is 0.161 e. The zero-order chi connectivity index (χ0) is 10.3. The van der Waals surface area contributed by atoms with Crippen LogP contribution in [-0.2, 0) is 11.2 Å². The van der Waals surface area contributed by atoms with Crippen molar-refractivity contribution in [1.82, 2.24) is 0 Å². The van der Waals surface area contributed by atoms with Crippen LogP contribution in [0.3, 0.4) is 0 Å². The van der Waals surface area contributed by atoms with Gasteiger partial charge in [0, 0.05) is 12.5 Å². The van der Waals surface area contributed by atoms with Crippen LogP contribution < -0.4 is 0 Å². The Labute approximate surface area is 79.5 Å². The molecule has 0 saturated carbocycles. The monoisotopic (exact) mass is 202 g/mol. The standard InChI is InChI=1S/C10H9F3O/c1-10(5-14-10)4-6-2-8(12)9(13)3-7(6)11/h2-3H,4-5H2,1H3. The quantitative estimate of drug-likeness (QED) is 0.530. The molecule has 1 atom stereocenters. The minimum absolute atomic E-state index is 0.156. The van der Waals surface area contributed by atoms with Gasteiger partial charge in [-0.3, -0.25) is 0 Å². The molecule has 0 aliphatic carbocycles. The van der Waals surface area contributed by atoms with Crippen molar-refractivity contribution in [3.05, 3.63) is 35.1 Å². The first-order valence-corrected chi connectivity index (χ1v) is 4.28. The van der Waals surface area contributed by atoms with Crippen LogP contribution in [-0.4, -0.2) is 12.2 Å². The molecule has 0 spiro atoms. The second-order valence-electron chi connectivity index (χ2n) is 3.77. The van der Waals surface area contributed by atoms with Crippen LogP contribution in [0, 0.1) is 17.5 Å². The first-order valence-electron chi connectivity index (χ1n) is 4.28. The van der Waals surface area contributed by atoms with Crippen molar-refractivity contribution >= 4 is 0 Å². The van der Waals surface area contributed by atoms with Crippen LogP contribution in [0.2, 0.25) is 0 Å². The minimum atomic E-state index is -1.16. The number of halogens is 3. The van der Waals surface area contributed by atoms with Gasteiger partial charge in [-0.05, 0) is 18.6 Å². The Balaban J connectivity index is 2.29. The SMILES string of the molecule is CC1(Cc2cc(F)c(F)cc2F)CO1. The van der Waals surface area contributed by atoms with E-state index in [1.165, 1.54) is 0 Å². The fraction of sp³-hybridized carbons (Fsp3) is 0.400. The summed E-state index contributed by atoms with van der Waals surface area (Å²) in [6, 6.07) is 1.45. The van der Waals surface area contributed by atoms with Gasteiger partial charge in [-0.2, -0.15) is 0 Å². The highest BCUT2D eigenvalue weighted by molar-refractivity contribution is 5.22. The number of benzene rings is 1. The van der Waals surface area contributed by atoms with E-state index in [0.717, 1.165) is 6.07 Å². The van der Waals surface area contributed by atoms with Crippen molar-refractivity contribution in [3.8, 4) is 0 Å². The Hall–Kier alpha value is -1.03. The van der Waals surface area contributed by atoms with E-state index in [1.807, 2.05) is 0 Å². The molecule has 0 bridgehead atoms. The summed E-state index contributed by atoms with van der Waals surface area (Å²) in [5.41, 5.74) is -0.241. The molecular weight excluding hydrogens is 193 g/mol. The largest absolute Gasteiger partial charge is 0.370 e. The van der Waals surface area contributed by atoms with Crippen molar-refractivity contribution in [3.63, 3.8) is 0 Å². The van der Waals surface area contributed by atoms with E-state index in [-0.39, 0.29) is 12.0 Å². The highest BCUT2D eigenvalue weighted by Gasteiger charge is 2.39. The molecule has 1 aliphatic heterocycles. The average Bonchev–Trinajstić information content (AvgIpc) is 2.80. The maximum atomic E-state index is 13.1. The molecule has 0 radical (unpaired) electrons. The van der Waals surface area contributed by atoms with E-state index in [9.17, 15) is 13.2 Å². The number of ether oxygens (including phenoxy) is 1. The molecule has 1 aromatic rings. The first kappa shape index (κ1) is 9.52. The third-order valence-electron chi connectivity index (χ3n) is 2.29. The maximum absolute atomic E-state index is 13.1. The summed E-state index contributed by atoms with van der Waals surface area (Å²) in [7, 11) is 0. The van der Waals surface area contributed by atoms with E-state index < -0.39 is 23.1 Å². The molecule has 0 aromatic heterocycles. The Kier molecular flexibility index (Phi) is 2.03. The number of epoxide rings is 1. The fourth-order valence-electron chi connectivity index (χ4n) is 1.33. The highest BCUT2D eigenvalue weighted by Crippen LogP contribution is 2.31. The normalized spacial score (nSPS) is 25.1. The Morgan fingerprint density at radius 1 is 1.21 bits per heavy atom. The summed E-state index contributed by atoms with van der Waals surface area (Å²) >= 11 is 0. The van der Waals surface area contributed by atoms with E-state index in [0.29, 0.717) is 12.7 Å². The van der Waals surface area contributed by atoms with Crippen molar-refractivity contribution < 1.29 is 17.9 Å². The summed E-state index contributed by atoms with van der Waals surface area (Å²) in [6.45, 7) is 2.33. The van der Waals surface area contributed by atoms with E-state index >= 15 is 0 Å². The Bertz CT molecular complexity index is 372. The third kappa shape index (κ3) is 1.75. The van der Waals surface area contributed by atoms with Gasteiger partial charge >= 0.3 is 0 Å². The molecule has 1 fully saturated rings. The van der Waals surface area contributed by atoms with Gasteiger partial charge in [-0.25, -0.2) is 13.2 Å². The summed E-state index contributed by atoms with van der Waals surface area (Å²) < 4.78 is 43.5. The van der Waals surface area contributed by atoms with Crippen LogP contribution >= 0.6 is 0 Å². The molecule has 76 valence electrons. The predicted molar refractivity (Wildman–Crippen MR) is 44.4 cm³/mol. The Morgan fingerprint density at radius 2 is 1.79 bits per heavy atom. The zero-order valence-corrected chi connectivity index (χ0v) is 7.61. The van der Waals surface area contributed by atoms with Crippen molar-refractivity contribution in [1.29, 1.82) is 0 Å². The lowest BCUT2D eigenvalue weighted by atomic mass is 10.0. The lowest BCUT2D eigenvalue weighted by molar-refractivity contribution is 0.319. The van der Waals surface area contributed by atoms with Gasteiger partial charge in [0.1, 0.15) is 5.82 Å². The van der Waals surface area contributed by atoms with Crippen LogP contribution in [0.5, 0.6) is 0 Å². The molecule has 1 nitrogen and oxygen atoms in total. The van der Waals surface area contributed by atoms with Gasteiger partial charge in [0.2, 0.25) is 0 Å². The molecule has 14 heavy (non-hydrogen) atoms. The zero-order valence-electron chi connectivity index (χ0n) is 7.61. The summed E-state index contributed by atoms with van der Waals surface area (Å²) in [4.78, 5) is 0. The summed E-state index contributed by atoms with van der Waals surface area (Å²) in [5, 5.41) is 0. The Morgan fingerprint density at radius 3 is 2.36 bits per heavy atom. The van der Waals surface area contributed by atoms with Crippen LogP contribution in [0.1, 0.15) is 12.5 Å².